The van der Waals surface area contributed by atoms with Gasteiger partial charge in [0.15, 0.2) is 11.5 Å². The molecule has 0 saturated carbocycles. The molecule has 0 bridgehead atoms. The number of quaternary nitrogens is 1. The second-order valence-corrected chi connectivity index (χ2v) is 10.4. The van der Waals surface area contributed by atoms with E-state index in [2.05, 4.69) is 25.4 Å². The lowest BCUT2D eigenvalue weighted by molar-refractivity contribution is -0.271. The summed E-state index contributed by atoms with van der Waals surface area (Å²) < 4.78 is 16.1. The molecule has 0 fully saturated rings. The summed E-state index contributed by atoms with van der Waals surface area (Å²) in [5.41, 5.74) is 4.13. The van der Waals surface area contributed by atoms with Crippen LogP contribution in [0.5, 0.6) is 17.2 Å². The Hall–Kier alpha value is -1.53. The second-order valence-electron chi connectivity index (χ2n) is 5.36. The van der Waals surface area contributed by atoms with Crippen LogP contribution in [0.15, 0.2) is 6.07 Å². The molecule has 0 aliphatic heterocycles. The number of benzene rings is 1. The maximum Gasteiger partial charge on any atom is 0.516 e. The van der Waals surface area contributed by atoms with Gasteiger partial charge in [0.05, 0.1) is 22.3 Å². The van der Waals surface area contributed by atoms with Crippen LogP contribution in [0.4, 0.5) is 4.79 Å². The minimum atomic E-state index is -1.79. The molecule has 1 aromatic rings. The molecule has 1 amide bonds. The smallest absolute Gasteiger partial charge is 0.493 e. The first-order chi connectivity index (χ1) is 8.72. The summed E-state index contributed by atoms with van der Waals surface area (Å²) >= 11 is 0. The van der Waals surface area contributed by atoms with Gasteiger partial charge < -0.3 is 14.2 Å². The van der Waals surface area contributed by atoms with Gasteiger partial charge in [-0.05, 0) is 18.6 Å². The van der Waals surface area contributed by atoms with E-state index in [1.54, 1.807) is 20.3 Å². The van der Waals surface area contributed by atoms with E-state index in [0.717, 1.165) is 10.8 Å². The monoisotopic (exact) mass is 284 g/mol. The zero-order valence-electron chi connectivity index (χ0n) is 12.4. The fourth-order valence-electron chi connectivity index (χ4n) is 2.10. The van der Waals surface area contributed by atoms with Crippen molar-refractivity contribution in [3.63, 3.8) is 0 Å². The summed E-state index contributed by atoms with van der Waals surface area (Å²) in [6.07, 6.45) is -0.578. The normalized spacial score (nSPS) is 11.1. The highest BCUT2D eigenvalue weighted by atomic mass is 28.3. The van der Waals surface area contributed by atoms with Crippen LogP contribution in [0, 0.1) is 6.92 Å². The predicted molar refractivity (Wildman–Crippen MR) is 76.2 cm³/mol. The van der Waals surface area contributed by atoms with Crippen molar-refractivity contribution < 1.29 is 24.7 Å². The molecule has 0 heterocycles. The van der Waals surface area contributed by atoms with E-state index in [4.69, 9.17) is 14.2 Å². The Morgan fingerprint density at radius 3 is 2.05 bits per heavy atom. The van der Waals surface area contributed by atoms with Gasteiger partial charge >= 0.3 is 6.09 Å². The van der Waals surface area contributed by atoms with Crippen molar-refractivity contribution in [2.75, 3.05) is 14.2 Å². The maximum atomic E-state index is 11.2. The van der Waals surface area contributed by atoms with Crippen molar-refractivity contribution in [3.8, 4) is 17.2 Å². The molecule has 3 N–H and O–H groups in total. The van der Waals surface area contributed by atoms with Gasteiger partial charge in [-0.1, -0.05) is 19.6 Å². The highest BCUT2D eigenvalue weighted by Crippen LogP contribution is 2.35. The summed E-state index contributed by atoms with van der Waals surface area (Å²) in [6.45, 7) is 8.34. The first kappa shape index (κ1) is 15.5. The lowest BCUT2D eigenvalue weighted by Gasteiger charge is -2.25. The molecule has 106 valence electrons. The Bertz CT molecular complexity index is 494. The topological polar surface area (TPSA) is 72.4 Å². The summed E-state index contributed by atoms with van der Waals surface area (Å²) in [4.78, 5) is 11.2. The van der Waals surface area contributed by atoms with Crippen molar-refractivity contribution in [1.29, 1.82) is 0 Å². The van der Waals surface area contributed by atoms with Crippen LogP contribution >= 0.6 is 0 Å². The number of carbonyl (C=O) groups excluding carboxylic acids is 1. The van der Waals surface area contributed by atoms with Crippen LogP contribution in [0.2, 0.25) is 19.6 Å². The molecule has 0 saturated heterocycles. The van der Waals surface area contributed by atoms with Gasteiger partial charge in [-0.15, -0.1) is 0 Å². The Balaban J connectivity index is 3.64. The van der Waals surface area contributed by atoms with Crippen LogP contribution in [0.3, 0.4) is 0 Å². The van der Waals surface area contributed by atoms with Crippen molar-refractivity contribution in [3.05, 3.63) is 11.6 Å². The Labute approximate surface area is 114 Å². The molecule has 0 unspecified atom stereocenters. The second kappa shape index (κ2) is 5.62. The van der Waals surface area contributed by atoms with Gasteiger partial charge in [0, 0.05) is 5.19 Å². The van der Waals surface area contributed by atoms with Gasteiger partial charge in [-0.2, -0.15) is 4.79 Å². The largest absolute Gasteiger partial charge is 0.516 e. The van der Waals surface area contributed by atoms with E-state index in [0.29, 0.717) is 17.2 Å². The lowest BCUT2D eigenvalue weighted by atomic mass is 10.2. The zero-order chi connectivity index (χ0) is 14.8. The van der Waals surface area contributed by atoms with Crippen molar-refractivity contribution in [2.24, 2.45) is 0 Å². The molecule has 5 nitrogen and oxygen atoms in total. The van der Waals surface area contributed by atoms with Crippen molar-refractivity contribution in [2.45, 2.75) is 26.6 Å². The van der Waals surface area contributed by atoms with E-state index in [1.165, 1.54) is 0 Å². The zero-order valence-corrected chi connectivity index (χ0v) is 13.4. The highest BCUT2D eigenvalue weighted by Gasteiger charge is 2.30. The van der Waals surface area contributed by atoms with Gasteiger partial charge in [0.2, 0.25) is 0 Å². The van der Waals surface area contributed by atoms with Crippen LogP contribution in [-0.4, -0.2) is 28.4 Å². The molecule has 19 heavy (non-hydrogen) atoms. The molecule has 0 atom stereocenters. The molecule has 6 heteroatoms. The van der Waals surface area contributed by atoms with E-state index in [-0.39, 0.29) is 0 Å². The molecule has 0 aliphatic carbocycles. The number of methoxy groups -OCH3 is 2. The van der Waals surface area contributed by atoms with Crippen molar-refractivity contribution in [1.82, 2.24) is 0 Å². The number of rotatable bonds is 4. The standard InChI is InChI=1S/C13H21NO4Si/c1-8-7-9(18-13(14)15)12(19(4,5)6)11(17-3)10(8)16-2/h7H,1-6H3,(H2,14,15)/p+1. The fraction of sp³-hybridized carbons (Fsp3) is 0.462. The molecule has 1 aromatic carbocycles. The van der Waals surface area contributed by atoms with Crippen LogP contribution < -0.4 is 25.1 Å². The average molecular weight is 284 g/mol. The lowest BCUT2D eigenvalue weighted by Crippen LogP contribution is -2.59. The molecule has 1 rings (SSSR count). The van der Waals surface area contributed by atoms with E-state index in [1.807, 2.05) is 6.92 Å². The number of ether oxygens (including phenoxy) is 3. The first-order valence-corrected chi connectivity index (χ1v) is 9.52. The summed E-state index contributed by atoms with van der Waals surface area (Å²) in [5.74, 6) is 1.86. The third-order valence-electron chi connectivity index (χ3n) is 2.77. The third-order valence-corrected chi connectivity index (χ3v) is 4.74. The molecule has 0 aromatic heterocycles. The molecular weight excluding hydrogens is 262 g/mol. The Morgan fingerprint density at radius 1 is 1.16 bits per heavy atom. The van der Waals surface area contributed by atoms with Crippen LogP contribution in [-0.2, 0) is 0 Å². The number of hydrogen-bond acceptors (Lipinski definition) is 4. The SMILES string of the molecule is COc1c(C)cc(OC([NH3+])=O)c([Si](C)(C)C)c1OC. The van der Waals surface area contributed by atoms with Gasteiger partial charge in [0.1, 0.15) is 5.75 Å². The van der Waals surface area contributed by atoms with E-state index >= 15 is 0 Å². The number of aryl methyl sites for hydroxylation is 1. The highest BCUT2D eigenvalue weighted by molar-refractivity contribution is 6.90. The fourth-order valence-corrected chi connectivity index (χ4v) is 3.86. The van der Waals surface area contributed by atoms with Gasteiger partial charge in [0.25, 0.3) is 0 Å². The quantitative estimate of drug-likeness (QED) is 0.846. The predicted octanol–water partition coefficient (Wildman–Crippen LogP) is 1.30. The summed E-state index contributed by atoms with van der Waals surface area (Å²) in [6, 6.07) is 1.80. The molecule has 0 radical (unpaired) electrons. The molecule has 0 spiro atoms. The van der Waals surface area contributed by atoms with Crippen LogP contribution in [0.1, 0.15) is 5.56 Å². The third kappa shape index (κ3) is 3.27. The maximum absolute atomic E-state index is 11.2. The average Bonchev–Trinajstić information content (AvgIpc) is 2.25. The number of carbonyl (C=O) groups is 1. The van der Waals surface area contributed by atoms with E-state index < -0.39 is 14.2 Å². The van der Waals surface area contributed by atoms with Crippen LogP contribution in [0.25, 0.3) is 0 Å². The van der Waals surface area contributed by atoms with Crippen molar-refractivity contribution >= 4 is 19.4 Å². The first-order valence-electron chi connectivity index (χ1n) is 6.02. The summed E-state index contributed by atoms with van der Waals surface area (Å²) in [7, 11) is 1.41. The minimum Gasteiger partial charge on any atom is -0.493 e. The number of hydrogen-bond donors (Lipinski definition) is 1. The van der Waals surface area contributed by atoms with Gasteiger partial charge in [-0.25, -0.2) is 0 Å². The Kier molecular flexibility index (Phi) is 4.59. The molecular formula is C13H22NO4Si+. The summed E-state index contributed by atoms with van der Waals surface area (Å²) in [5, 5.41) is 0.925. The molecule has 0 aliphatic rings. The number of amides is 1. The van der Waals surface area contributed by atoms with Gasteiger partial charge in [-0.3, -0.25) is 5.73 Å². The minimum absolute atomic E-state index is 0.523. The van der Waals surface area contributed by atoms with E-state index in [9.17, 15) is 4.79 Å². The Morgan fingerprint density at radius 2 is 1.68 bits per heavy atom.